The van der Waals surface area contributed by atoms with Crippen molar-refractivity contribution >= 4 is 32.0 Å². The maximum absolute atomic E-state index is 12.4. The first kappa shape index (κ1) is 21.5. The van der Waals surface area contributed by atoms with Gasteiger partial charge in [-0.15, -0.1) is 0 Å². The second-order valence-corrected chi connectivity index (χ2v) is 13.7. The molecule has 0 bridgehead atoms. The molecule has 10 heteroatoms. The smallest absolute Gasteiger partial charge is 0.415 e. The zero-order valence-corrected chi connectivity index (χ0v) is 18.7. The maximum Gasteiger partial charge on any atom is 0.415 e. The first-order valence-electron chi connectivity index (χ1n) is 9.80. The van der Waals surface area contributed by atoms with Gasteiger partial charge < -0.3 is 25.0 Å². The van der Waals surface area contributed by atoms with Crippen LogP contribution in [0.5, 0.6) is 5.75 Å². The van der Waals surface area contributed by atoms with E-state index in [2.05, 4.69) is 44.2 Å². The van der Waals surface area contributed by atoms with E-state index in [1.54, 1.807) is 12.1 Å². The Hall–Kier alpha value is -2.17. The van der Waals surface area contributed by atoms with Gasteiger partial charge in [0.15, 0.2) is 26.5 Å². The number of aromatic nitrogens is 1. The van der Waals surface area contributed by atoms with Crippen molar-refractivity contribution in [3.63, 3.8) is 0 Å². The summed E-state index contributed by atoms with van der Waals surface area (Å²) in [5.74, 6) is 0.897. The first-order chi connectivity index (χ1) is 13.5. The molecule has 0 radical (unpaired) electrons. The number of pyridine rings is 1. The van der Waals surface area contributed by atoms with Crippen LogP contribution in [0, 0.1) is 0 Å². The van der Waals surface area contributed by atoms with Gasteiger partial charge in [0.25, 0.3) is 5.91 Å². The van der Waals surface area contributed by atoms with Crippen molar-refractivity contribution in [2.75, 3.05) is 29.9 Å². The standard InChI is InChI=1S/C19H30N4O5Si/c1-19(2,3)29(4,5)28-12(9-20)8-13-10-23(18(25)27-13)15-7-6-14-17(21-15)22-16(24)11-26-14/h6-7,12-13H,8-11,20H2,1-5H3,(H,21,22,24). The fraction of sp³-hybridized carbons (Fsp3) is 0.632. The molecule has 1 saturated heterocycles. The highest BCUT2D eigenvalue weighted by atomic mass is 28.4. The molecule has 0 aromatic carbocycles. The van der Waals surface area contributed by atoms with Gasteiger partial charge in [0.2, 0.25) is 0 Å². The van der Waals surface area contributed by atoms with E-state index >= 15 is 0 Å². The second-order valence-electron chi connectivity index (χ2n) is 8.94. The highest BCUT2D eigenvalue weighted by Crippen LogP contribution is 2.38. The average Bonchev–Trinajstić information content (AvgIpc) is 2.99. The van der Waals surface area contributed by atoms with Gasteiger partial charge in [0, 0.05) is 13.0 Å². The van der Waals surface area contributed by atoms with Gasteiger partial charge in [-0.3, -0.25) is 9.69 Å². The largest absolute Gasteiger partial charge is 0.480 e. The van der Waals surface area contributed by atoms with Crippen LogP contribution in [0.15, 0.2) is 12.1 Å². The highest BCUT2D eigenvalue weighted by molar-refractivity contribution is 6.74. The van der Waals surface area contributed by atoms with Crippen LogP contribution in [-0.4, -0.2) is 57.2 Å². The SMILES string of the molecule is CC(C)(C)[Si](C)(C)OC(CN)CC1CN(c2ccc3c(n2)NC(=O)CO3)C(=O)O1. The molecule has 2 unspecified atom stereocenters. The van der Waals surface area contributed by atoms with Crippen molar-refractivity contribution in [1.29, 1.82) is 0 Å². The zero-order chi connectivity index (χ0) is 21.4. The number of ether oxygens (including phenoxy) is 2. The van der Waals surface area contributed by atoms with E-state index in [-0.39, 0.29) is 29.8 Å². The molecule has 1 aromatic heterocycles. The van der Waals surface area contributed by atoms with Crippen LogP contribution in [-0.2, 0) is 14.0 Å². The molecule has 2 atom stereocenters. The average molecular weight is 423 g/mol. The summed E-state index contributed by atoms with van der Waals surface area (Å²) in [5.41, 5.74) is 5.95. The number of fused-ring (bicyclic) bond motifs is 1. The Labute approximate surface area is 172 Å². The molecule has 2 amide bonds. The Kier molecular flexibility index (Phi) is 5.88. The third kappa shape index (κ3) is 4.70. The summed E-state index contributed by atoms with van der Waals surface area (Å²) < 4.78 is 17.2. The molecule has 1 aromatic rings. The van der Waals surface area contributed by atoms with Gasteiger partial charge in [-0.2, -0.15) is 0 Å². The number of nitrogens with two attached hydrogens (primary N) is 1. The van der Waals surface area contributed by atoms with Gasteiger partial charge >= 0.3 is 6.09 Å². The fourth-order valence-electron chi connectivity index (χ4n) is 3.01. The van der Waals surface area contributed by atoms with Crippen LogP contribution in [0.2, 0.25) is 18.1 Å². The zero-order valence-electron chi connectivity index (χ0n) is 17.7. The van der Waals surface area contributed by atoms with Crippen LogP contribution < -0.4 is 20.7 Å². The maximum atomic E-state index is 12.4. The molecular weight excluding hydrogens is 392 g/mol. The second kappa shape index (κ2) is 7.92. The molecule has 0 spiro atoms. The predicted octanol–water partition coefficient (Wildman–Crippen LogP) is 2.48. The molecule has 9 nitrogen and oxygen atoms in total. The number of hydrogen-bond acceptors (Lipinski definition) is 7. The topological polar surface area (TPSA) is 116 Å². The lowest BCUT2D eigenvalue weighted by Gasteiger charge is -2.39. The number of carbonyl (C=O) groups excluding carboxylic acids is 2. The molecule has 3 N–H and O–H groups in total. The number of carbonyl (C=O) groups is 2. The van der Waals surface area contributed by atoms with Crippen molar-refractivity contribution in [3.05, 3.63) is 12.1 Å². The van der Waals surface area contributed by atoms with Crippen LogP contribution in [0.3, 0.4) is 0 Å². The molecule has 2 aliphatic rings. The number of nitrogens with zero attached hydrogens (tertiary/aromatic N) is 2. The molecule has 160 valence electrons. The molecule has 3 rings (SSSR count). The minimum Gasteiger partial charge on any atom is -0.480 e. The molecule has 3 heterocycles. The molecule has 0 saturated carbocycles. The number of anilines is 2. The summed E-state index contributed by atoms with van der Waals surface area (Å²) in [6.07, 6.45) is -0.480. The predicted molar refractivity (Wildman–Crippen MR) is 112 cm³/mol. The van der Waals surface area contributed by atoms with Gasteiger partial charge in [0.1, 0.15) is 11.9 Å². The molecule has 1 fully saturated rings. The van der Waals surface area contributed by atoms with E-state index in [1.807, 2.05) is 0 Å². The molecule has 29 heavy (non-hydrogen) atoms. The number of rotatable bonds is 6. The number of cyclic esters (lactones) is 1. The van der Waals surface area contributed by atoms with Crippen molar-refractivity contribution in [2.24, 2.45) is 5.73 Å². The number of hydrogen-bond donors (Lipinski definition) is 2. The Morgan fingerprint density at radius 2 is 2.10 bits per heavy atom. The van der Waals surface area contributed by atoms with Gasteiger partial charge in [-0.25, -0.2) is 9.78 Å². The lowest BCUT2D eigenvalue weighted by Crippen LogP contribution is -2.46. The normalized spacial score (nSPS) is 20.6. The third-order valence-electron chi connectivity index (χ3n) is 5.67. The van der Waals surface area contributed by atoms with Gasteiger partial charge in [-0.05, 0) is 30.3 Å². The van der Waals surface area contributed by atoms with Gasteiger partial charge in [-0.1, -0.05) is 20.8 Å². The lowest BCUT2D eigenvalue weighted by atomic mass is 10.1. The van der Waals surface area contributed by atoms with Crippen molar-refractivity contribution in [2.45, 2.75) is 57.5 Å². The quantitative estimate of drug-likeness (QED) is 0.677. The molecule has 2 aliphatic heterocycles. The summed E-state index contributed by atoms with van der Waals surface area (Å²) in [6.45, 7) is 11.5. The molecular formula is C19H30N4O5Si. The first-order valence-corrected chi connectivity index (χ1v) is 12.7. The van der Waals surface area contributed by atoms with Crippen molar-refractivity contribution in [3.8, 4) is 5.75 Å². The number of amides is 2. The minimum absolute atomic E-state index is 0.0451. The van der Waals surface area contributed by atoms with E-state index in [1.165, 1.54) is 4.90 Å². The van der Waals surface area contributed by atoms with E-state index in [9.17, 15) is 9.59 Å². The Morgan fingerprint density at radius 1 is 1.38 bits per heavy atom. The van der Waals surface area contributed by atoms with E-state index in [0.29, 0.717) is 36.9 Å². The van der Waals surface area contributed by atoms with Crippen molar-refractivity contribution in [1.82, 2.24) is 4.98 Å². The summed E-state index contributed by atoms with van der Waals surface area (Å²) in [6, 6.07) is 3.35. The van der Waals surface area contributed by atoms with Crippen LogP contribution >= 0.6 is 0 Å². The van der Waals surface area contributed by atoms with Crippen LogP contribution in [0.1, 0.15) is 27.2 Å². The van der Waals surface area contributed by atoms with E-state index < -0.39 is 14.4 Å². The summed E-state index contributed by atoms with van der Waals surface area (Å²) in [4.78, 5) is 29.7. The highest BCUT2D eigenvalue weighted by Gasteiger charge is 2.41. The Bertz CT molecular complexity index is 795. The monoisotopic (exact) mass is 422 g/mol. The fourth-order valence-corrected chi connectivity index (χ4v) is 4.39. The summed E-state index contributed by atoms with van der Waals surface area (Å²) >= 11 is 0. The van der Waals surface area contributed by atoms with Crippen LogP contribution in [0.25, 0.3) is 0 Å². The van der Waals surface area contributed by atoms with E-state index in [0.717, 1.165) is 0 Å². The number of nitrogens with one attached hydrogen (secondary N) is 1. The summed E-state index contributed by atoms with van der Waals surface area (Å²) in [5, 5.41) is 2.71. The van der Waals surface area contributed by atoms with Gasteiger partial charge in [0.05, 0.1) is 12.6 Å². The minimum atomic E-state index is -1.98. The third-order valence-corrected chi connectivity index (χ3v) is 10.2. The molecule has 0 aliphatic carbocycles. The van der Waals surface area contributed by atoms with E-state index in [4.69, 9.17) is 19.6 Å². The van der Waals surface area contributed by atoms with Crippen molar-refractivity contribution < 1.29 is 23.5 Å². The summed E-state index contributed by atoms with van der Waals surface area (Å²) in [7, 11) is -1.98. The Morgan fingerprint density at radius 3 is 2.76 bits per heavy atom. The Balaban J connectivity index is 1.67. The van der Waals surface area contributed by atoms with Crippen LogP contribution in [0.4, 0.5) is 16.4 Å². The lowest BCUT2D eigenvalue weighted by molar-refractivity contribution is -0.118.